The molecule has 5 heteroatoms. The maximum Gasteiger partial charge on any atom is 0.314 e. The number of nitrogens with one attached hydrogen (secondary N) is 3. The third-order valence-electron chi connectivity index (χ3n) is 2.31. The molecule has 1 saturated heterocycles. The van der Waals surface area contributed by atoms with Gasteiger partial charge in [0.15, 0.2) is 0 Å². The van der Waals surface area contributed by atoms with E-state index in [9.17, 15) is 9.90 Å². The summed E-state index contributed by atoms with van der Waals surface area (Å²) in [4.78, 5) is 11.1. The molecule has 1 heterocycles. The van der Waals surface area contributed by atoms with Gasteiger partial charge in [0, 0.05) is 19.6 Å². The number of hydrogen-bond acceptors (Lipinski definition) is 3. The Morgan fingerprint density at radius 2 is 2.29 bits per heavy atom. The Balaban J connectivity index is 2.14. The molecule has 14 heavy (non-hydrogen) atoms. The molecule has 0 aromatic heterocycles. The molecular formula is C9H19N3O2. The lowest BCUT2D eigenvalue weighted by Gasteiger charge is -2.26. The molecule has 1 aliphatic heterocycles. The Labute approximate surface area is 84.3 Å². The number of β-amino-alcohol motifs (C(OH)–C–C–N with tert-alkyl or cyclic N) is 1. The molecule has 1 fully saturated rings. The Bertz CT molecular complexity index is 187. The van der Waals surface area contributed by atoms with E-state index in [1.165, 1.54) is 0 Å². The first-order valence-electron chi connectivity index (χ1n) is 5.12. The third kappa shape index (κ3) is 3.93. The fourth-order valence-corrected chi connectivity index (χ4v) is 1.62. The molecule has 2 atom stereocenters. The van der Waals surface area contributed by atoms with Crippen LogP contribution in [0.4, 0.5) is 4.79 Å². The topological polar surface area (TPSA) is 73.4 Å². The number of piperidine rings is 1. The molecular weight excluding hydrogens is 182 g/mol. The van der Waals surface area contributed by atoms with Crippen LogP contribution >= 0.6 is 0 Å². The summed E-state index contributed by atoms with van der Waals surface area (Å²) in [6.07, 6.45) is 0.490. The van der Waals surface area contributed by atoms with E-state index in [4.69, 9.17) is 0 Å². The highest BCUT2D eigenvalue weighted by Crippen LogP contribution is 2.08. The van der Waals surface area contributed by atoms with E-state index in [0.717, 1.165) is 13.0 Å². The number of amides is 2. The first-order valence-corrected chi connectivity index (χ1v) is 5.12. The highest BCUT2D eigenvalue weighted by molar-refractivity contribution is 5.73. The number of rotatable bonds is 3. The van der Waals surface area contributed by atoms with E-state index in [1.54, 1.807) is 0 Å². The van der Waals surface area contributed by atoms with Crippen molar-refractivity contribution in [3.8, 4) is 0 Å². The minimum atomic E-state index is -0.273. The summed E-state index contributed by atoms with van der Waals surface area (Å²) in [5.41, 5.74) is 0. The molecule has 1 rings (SSSR count). The molecule has 0 bridgehead atoms. The van der Waals surface area contributed by atoms with E-state index in [0.29, 0.717) is 25.6 Å². The summed E-state index contributed by atoms with van der Waals surface area (Å²) in [6.45, 7) is 4.67. The lowest BCUT2D eigenvalue weighted by molar-refractivity contribution is 0.114. The molecule has 0 aromatic rings. The number of aliphatic hydroxyl groups is 1. The molecule has 82 valence electrons. The van der Waals surface area contributed by atoms with Crippen LogP contribution in [0.25, 0.3) is 0 Å². The van der Waals surface area contributed by atoms with Gasteiger partial charge in [-0.25, -0.2) is 4.79 Å². The maximum atomic E-state index is 11.1. The molecule has 0 aromatic carbocycles. The number of hydrogen-bond donors (Lipinski definition) is 4. The minimum Gasteiger partial charge on any atom is -0.392 e. The Kier molecular flexibility index (Phi) is 4.69. The average Bonchev–Trinajstić information content (AvgIpc) is 2.15. The zero-order chi connectivity index (χ0) is 10.4. The highest BCUT2D eigenvalue weighted by atomic mass is 16.3. The zero-order valence-corrected chi connectivity index (χ0v) is 8.55. The van der Waals surface area contributed by atoms with Crippen LogP contribution in [0.15, 0.2) is 0 Å². The van der Waals surface area contributed by atoms with Crippen LogP contribution in [0.1, 0.15) is 13.3 Å². The summed E-state index contributed by atoms with van der Waals surface area (Å²) in [6, 6.07) is -0.132. The van der Waals surface area contributed by atoms with Crippen molar-refractivity contribution in [2.24, 2.45) is 5.92 Å². The van der Waals surface area contributed by atoms with Crippen molar-refractivity contribution in [1.82, 2.24) is 16.0 Å². The summed E-state index contributed by atoms with van der Waals surface area (Å²) in [7, 11) is 0. The molecule has 0 saturated carbocycles. The van der Waals surface area contributed by atoms with Gasteiger partial charge < -0.3 is 21.1 Å². The first-order chi connectivity index (χ1) is 6.72. The molecule has 2 amide bonds. The summed E-state index contributed by atoms with van der Waals surface area (Å²) in [5, 5.41) is 17.9. The second-order valence-electron chi connectivity index (χ2n) is 3.65. The molecule has 0 radical (unpaired) electrons. The van der Waals surface area contributed by atoms with Crippen LogP contribution in [-0.4, -0.2) is 43.4 Å². The molecule has 1 aliphatic rings. The van der Waals surface area contributed by atoms with Gasteiger partial charge in [-0.15, -0.1) is 0 Å². The number of carbonyl (C=O) groups excluding carboxylic acids is 1. The predicted molar refractivity (Wildman–Crippen MR) is 54.1 cm³/mol. The van der Waals surface area contributed by atoms with Gasteiger partial charge >= 0.3 is 6.03 Å². The fraction of sp³-hybridized carbons (Fsp3) is 0.889. The third-order valence-corrected chi connectivity index (χ3v) is 2.31. The molecule has 4 N–H and O–H groups in total. The predicted octanol–water partition coefficient (Wildman–Crippen LogP) is -0.724. The van der Waals surface area contributed by atoms with E-state index in [1.807, 2.05) is 6.92 Å². The van der Waals surface area contributed by atoms with E-state index in [2.05, 4.69) is 16.0 Å². The van der Waals surface area contributed by atoms with Gasteiger partial charge in [-0.1, -0.05) is 0 Å². The van der Waals surface area contributed by atoms with Crippen LogP contribution in [0.5, 0.6) is 0 Å². The van der Waals surface area contributed by atoms with Crippen molar-refractivity contribution in [3.05, 3.63) is 0 Å². The number of aliphatic hydroxyl groups excluding tert-OH is 1. The Morgan fingerprint density at radius 1 is 1.50 bits per heavy atom. The van der Waals surface area contributed by atoms with Gasteiger partial charge in [-0.3, -0.25) is 0 Å². The van der Waals surface area contributed by atoms with Crippen LogP contribution in [0.3, 0.4) is 0 Å². The van der Waals surface area contributed by atoms with Crippen molar-refractivity contribution < 1.29 is 9.90 Å². The molecule has 0 aliphatic carbocycles. The smallest absolute Gasteiger partial charge is 0.314 e. The first kappa shape index (κ1) is 11.3. The Morgan fingerprint density at radius 3 is 2.93 bits per heavy atom. The zero-order valence-electron chi connectivity index (χ0n) is 8.55. The van der Waals surface area contributed by atoms with E-state index in [-0.39, 0.29) is 12.1 Å². The largest absolute Gasteiger partial charge is 0.392 e. The molecule has 2 unspecified atom stereocenters. The van der Waals surface area contributed by atoms with Gasteiger partial charge in [0.05, 0.1) is 6.10 Å². The van der Waals surface area contributed by atoms with Crippen LogP contribution < -0.4 is 16.0 Å². The quantitative estimate of drug-likeness (QED) is 0.487. The van der Waals surface area contributed by atoms with Crippen LogP contribution in [0, 0.1) is 5.92 Å². The normalized spacial score (nSPS) is 27.0. The van der Waals surface area contributed by atoms with Crippen molar-refractivity contribution in [1.29, 1.82) is 0 Å². The van der Waals surface area contributed by atoms with Gasteiger partial charge in [0.25, 0.3) is 0 Å². The van der Waals surface area contributed by atoms with Gasteiger partial charge in [0.2, 0.25) is 0 Å². The van der Waals surface area contributed by atoms with Crippen LogP contribution in [0.2, 0.25) is 0 Å². The minimum absolute atomic E-state index is 0.132. The number of carbonyl (C=O) groups is 1. The SMILES string of the molecule is CCNC(=O)NCC1CNCC(O)C1. The molecule has 0 spiro atoms. The lowest BCUT2D eigenvalue weighted by Crippen LogP contribution is -2.45. The standard InChI is InChI=1S/C9H19N3O2/c1-2-11-9(14)12-5-7-3-8(13)6-10-4-7/h7-8,10,13H,2-6H2,1H3,(H2,11,12,14). The Hall–Kier alpha value is -0.810. The monoisotopic (exact) mass is 201 g/mol. The van der Waals surface area contributed by atoms with Gasteiger partial charge in [-0.2, -0.15) is 0 Å². The van der Waals surface area contributed by atoms with Crippen molar-refractivity contribution in [3.63, 3.8) is 0 Å². The summed E-state index contributed by atoms with van der Waals surface area (Å²) in [5.74, 6) is 0.335. The van der Waals surface area contributed by atoms with Crippen molar-refractivity contribution in [2.45, 2.75) is 19.4 Å². The second-order valence-corrected chi connectivity index (χ2v) is 3.65. The average molecular weight is 201 g/mol. The second kappa shape index (κ2) is 5.82. The lowest BCUT2D eigenvalue weighted by atomic mass is 9.98. The number of urea groups is 1. The van der Waals surface area contributed by atoms with Crippen molar-refractivity contribution in [2.75, 3.05) is 26.2 Å². The highest BCUT2D eigenvalue weighted by Gasteiger charge is 2.19. The van der Waals surface area contributed by atoms with E-state index < -0.39 is 0 Å². The molecule has 5 nitrogen and oxygen atoms in total. The summed E-state index contributed by atoms with van der Waals surface area (Å²) < 4.78 is 0. The van der Waals surface area contributed by atoms with Crippen LogP contribution in [-0.2, 0) is 0 Å². The maximum absolute atomic E-state index is 11.1. The van der Waals surface area contributed by atoms with Gasteiger partial charge in [-0.05, 0) is 25.8 Å². The fourth-order valence-electron chi connectivity index (χ4n) is 1.62. The van der Waals surface area contributed by atoms with E-state index >= 15 is 0 Å². The summed E-state index contributed by atoms with van der Waals surface area (Å²) >= 11 is 0. The van der Waals surface area contributed by atoms with Gasteiger partial charge in [0.1, 0.15) is 0 Å². The van der Waals surface area contributed by atoms with Crippen molar-refractivity contribution >= 4 is 6.03 Å².